The molecule has 0 unspecified atom stereocenters. The highest BCUT2D eigenvalue weighted by atomic mass is 16.4. The smallest absolute Gasteiger partial charge is 0.322 e. The number of carboxylic acids is 1. The van der Waals surface area contributed by atoms with Gasteiger partial charge in [-0.05, 0) is 109 Å². The first-order chi connectivity index (χ1) is 64.9. The van der Waals surface area contributed by atoms with Crippen LogP contribution in [0.2, 0.25) is 0 Å². The summed E-state index contributed by atoms with van der Waals surface area (Å²) in [5, 5.41) is 107. The monoisotopic (exact) mass is 1920 g/mol. The quantitative estimate of drug-likeness (QED) is 0.0271. The average molecular weight is 1920 g/mol. The minimum absolute atomic E-state index is 0.0162. The van der Waals surface area contributed by atoms with Crippen molar-refractivity contribution in [2.45, 2.75) is 269 Å². The number of unbranched alkanes of at least 4 members (excludes halogenated alkanes) is 1. The van der Waals surface area contributed by atoms with Gasteiger partial charge in [-0.3, -0.25) is 101 Å². The van der Waals surface area contributed by atoms with Crippen molar-refractivity contribution in [2.75, 3.05) is 137 Å². The largest absolute Gasteiger partial charge is 0.480 e. The summed E-state index contributed by atoms with van der Waals surface area (Å²) < 4.78 is 0. The molecular formula is C85H126N22O29. The van der Waals surface area contributed by atoms with Crippen LogP contribution in [0.4, 0.5) is 0 Å². The lowest BCUT2D eigenvalue weighted by atomic mass is 10.1. The number of aliphatic hydroxyl groups excluding tert-OH is 7. The Bertz CT molecular complexity index is 4590. The Kier molecular flexibility index (Phi) is 33.9. The lowest BCUT2D eigenvalue weighted by Gasteiger charge is -2.32. The molecule has 13 aliphatic heterocycles. The van der Waals surface area contributed by atoms with Gasteiger partial charge in [-0.2, -0.15) is 0 Å². The Morgan fingerprint density at radius 3 is 0.779 bits per heavy atom. The molecule has 51 nitrogen and oxygen atoms in total. The predicted octanol–water partition coefficient (Wildman–Crippen LogP) is -14.1. The first kappa shape index (κ1) is 102. The van der Waals surface area contributed by atoms with Crippen LogP contribution in [0.1, 0.15) is 141 Å². The molecule has 0 aromatic carbocycles. The topological polar surface area (TPSA) is 693 Å². The second kappa shape index (κ2) is 45.2. The third-order valence-electron chi connectivity index (χ3n) is 28.2. The highest BCUT2D eigenvalue weighted by Gasteiger charge is 2.54. The second-order valence-corrected chi connectivity index (χ2v) is 37.5. The van der Waals surface area contributed by atoms with Crippen molar-refractivity contribution in [2.24, 2.45) is 5.73 Å². The average Bonchev–Trinajstić information content (AvgIpc) is 1.79. The number of carbonyl (C=O) groups is 21. The molecule has 0 saturated carbocycles. The molecule has 0 bridgehead atoms. The number of aliphatic carboxylic acids is 1. The molecule has 13 heterocycles. The summed E-state index contributed by atoms with van der Waals surface area (Å²) >= 11 is 0. The molecule has 0 aromatic heterocycles. The lowest BCUT2D eigenvalue weighted by molar-refractivity contribution is -0.148. The van der Waals surface area contributed by atoms with Crippen LogP contribution in [-0.2, 0) is 101 Å². The molecule has 0 spiro atoms. The standard InChI is InChI=1S/C85H126N22O29/c86-16-2-1-9-52(95-65(115)30-88-72(123)60-25-46(110)39-103(60)81(132)53-11-4-18-96(53)66(116)31-89-73(124)58-23-44(108)37-101(58)79(130)51-10-3-17-87-51)80(131)102-38-45(109)24-59(102)74(125)90-32-67(117)97-19-5-12-54(97)82(133)104-40-47(111)26-61(104)75(126)91-33-68(118)98-20-6-13-55(98)83(134)105-41-48(112)27-62(105)76(127)92-34-69(119)99-21-7-14-56(99)84(135)106-42-49(113)28-63(106)77(128)93-35-70(120)100-22-8-15-57(100)85(136)107-43-50(114)29-64(107)78(129)94-36-71(121)122/h44-64,87,108-114H,1-43,86H2,(H,88,123)(H,89,124)(H,90,125)(H,91,126)(H,92,127)(H,93,128)(H,94,129)(H,95,115)(H,121,122)/t44-,45-,46-,47-,48-,49-,50-,51+,52+,53+,54+,55+,56+,57+,58+,59+,60+,61+,62+,63+,64+/m1/s1. The van der Waals surface area contributed by atoms with Gasteiger partial charge < -0.3 is 153 Å². The van der Waals surface area contributed by atoms with Crippen molar-refractivity contribution in [3.8, 4) is 0 Å². The fourth-order valence-corrected chi connectivity index (χ4v) is 21.5. The molecule has 13 saturated heterocycles. The van der Waals surface area contributed by atoms with E-state index < -0.39 is 291 Å². The molecule has 0 aromatic rings. The van der Waals surface area contributed by atoms with E-state index in [1.165, 1.54) is 29.4 Å². The van der Waals surface area contributed by atoms with Crippen LogP contribution in [0.3, 0.4) is 0 Å². The summed E-state index contributed by atoms with van der Waals surface area (Å²) in [5.74, 6) is -16.1. The summed E-state index contributed by atoms with van der Waals surface area (Å²) in [4.78, 5) is 304. The number of hydrogen-bond donors (Lipinski definition) is 18. The molecule has 0 aliphatic carbocycles. The minimum Gasteiger partial charge on any atom is -0.480 e. The number of nitrogens with one attached hydrogen (secondary N) is 9. The first-order valence-corrected chi connectivity index (χ1v) is 47.2. The van der Waals surface area contributed by atoms with Gasteiger partial charge in [0.05, 0.1) is 88.0 Å². The van der Waals surface area contributed by atoms with Crippen LogP contribution >= 0.6 is 0 Å². The maximum atomic E-state index is 14.5. The van der Waals surface area contributed by atoms with Crippen molar-refractivity contribution in [1.82, 2.24) is 107 Å². The summed E-state index contributed by atoms with van der Waals surface area (Å²) in [6.07, 6.45) is -5.33. The van der Waals surface area contributed by atoms with Crippen LogP contribution < -0.4 is 53.6 Å². The maximum absolute atomic E-state index is 14.5. The van der Waals surface area contributed by atoms with Gasteiger partial charge in [-0.15, -0.1) is 0 Å². The number of aliphatic hydroxyl groups is 7. The van der Waals surface area contributed by atoms with Crippen molar-refractivity contribution in [3.63, 3.8) is 0 Å². The Hall–Kier alpha value is -11.5. The number of carboxylic acid groups (broad SMARTS) is 1. The minimum atomic E-state index is -1.39. The Morgan fingerprint density at radius 1 is 0.287 bits per heavy atom. The van der Waals surface area contributed by atoms with E-state index in [9.17, 15) is 136 Å². The Labute approximate surface area is 780 Å². The molecule has 13 aliphatic rings. The molecule has 51 heteroatoms. The third kappa shape index (κ3) is 23.5. The van der Waals surface area contributed by atoms with E-state index >= 15 is 0 Å². The lowest BCUT2D eigenvalue weighted by Crippen LogP contribution is -2.57. The zero-order chi connectivity index (χ0) is 97.9. The number of carbonyl (C=O) groups excluding carboxylic acids is 20. The summed E-state index contributed by atoms with van der Waals surface area (Å²) in [6.45, 7) is -5.64. The first-order valence-electron chi connectivity index (χ1n) is 47.2. The van der Waals surface area contributed by atoms with Crippen LogP contribution in [0.25, 0.3) is 0 Å². The fraction of sp³-hybridized carbons (Fsp3) is 0.753. The van der Waals surface area contributed by atoms with Crippen LogP contribution in [0, 0.1) is 0 Å². The van der Waals surface area contributed by atoms with E-state index in [1.54, 1.807) is 0 Å². The van der Waals surface area contributed by atoms with Gasteiger partial charge in [0.15, 0.2) is 0 Å². The van der Waals surface area contributed by atoms with E-state index in [1.807, 2.05) is 0 Å². The van der Waals surface area contributed by atoms with E-state index in [4.69, 9.17) is 10.8 Å². The van der Waals surface area contributed by atoms with Crippen molar-refractivity contribution in [3.05, 3.63) is 0 Å². The van der Waals surface area contributed by atoms with Gasteiger partial charge in [0.25, 0.3) is 0 Å². The number of amides is 20. The molecule has 13 rings (SSSR count). The number of nitrogens with zero attached hydrogens (tertiary/aromatic N) is 12. The maximum Gasteiger partial charge on any atom is 0.322 e. The van der Waals surface area contributed by atoms with E-state index in [0.717, 1.165) is 35.8 Å². The molecule has 750 valence electrons. The zero-order valence-corrected chi connectivity index (χ0v) is 75.6. The molecule has 19 N–H and O–H groups in total. The summed E-state index contributed by atoms with van der Waals surface area (Å²) in [7, 11) is 0. The zero-order valence-electron chi connectivity index (χ0n) is 75.6. The normalized spacial score (nSPS) is 30.0. The predicted molar refractivity (Wildman–Crippen MR) is 461 cm³/mol. The van der Waals surface area contributed by atoms with Crippen LogP contribution in [0.5, 0.6) is 0 Å². The van der Waals surface area contributed by atoms with Gasteiger partial charge in [0.2, 0.25) is 118 Å². The molecule has 21 atom stereocenters. The highest BCUT2D eigenvalue weighted by molar-refractivity contribution is 6.02. The molecule has 0 radical (unpaired) electrons. The van der Waals surface area contributed by atoms with Crippen molar-refractivity contribution in [1.29, 1.82) is 0 Å². The van der Waals surface area contributed by atoms with E-state index in [0.29, 0.717) is 51.5 Å². The van der Waals surface area contributed by atoms with Crippen molar-refractivity contribution >= 4 is 124 Å². The Morgan fingerprint density at radius 2 is 0.529 bits per heavy atom. The van der Waals surface area contributed by atoms with Crippen LogP contribution in [0.15, 0.2) is 0 Å². The molecular weight excluding hydrogens is 1790 g/mol. The van der Waals surface area contributed by atoms with Gasteiger partial charge in [-0.25, -0.2) is 0 Å². The number of likely N-dealkylation sites (tertiary alicyclic amines) is 12. The van der Waals surface area contributed by atoms with E-state index in [-0.39, 0.29) is 181 Å². The van der Waals surface area contributed by atoms with Gasteiger partial charge in [0.1, 0.15) is 85.1 Å². The summed E-state index contributed by atoms with van der Waals surface area (Å²) in [6, 6.07) is -16.5. The van der Waals surface area contributed by atoms with Crippen LogP contribution in [-0.4, -0.2) is 489 Å². The Balaban J connectivity index is 0.542. The number of β-amino-alcohol motifs (C(OH)–C–C–N with tert-alkyl or cyclic N) is 7. The number of nitrogens with two attached hydrogens (primary N) is 1. The van der Waals surface area contributed by atoms with Crippen molar-refractivity contribution < 1.29 is 142 Å². The second-order valence-electron chi connectivity index (χ2n) is 37.5. The van der Waals surface area contributed by atoms with Gasteiger partial charge in [0, 0.05) is 123 Å². The number of rotatable bonds is 33. The SMILES string of the molecule is NCCCC[C@H](NC(=O)CNC(=O)[C@@H]1C[C@@H](O)CN1C(=O)[C@@H]1CCCN1C(=O)CNC(=O)[C@@H]1C[C@@H](O)CN1C(=O)[C@@H]1CCCN1)C(=O)N1C[C@H](O)C[C@H]1C(=O)NCC(=O)N1CCC[C@H]1C(=O)N1C[C@H](O)C[C@H]1C(=O)NCC(=O)N1CCC[C@H]1C(=O)N1C[C@H](O)C[C@H]1C(=O)NCC(=O)N1CCC[C@H]1C(=O)N1C[C@H](O)C[C@H]1C(=O)NCC(=O)N1CCC[C@H]1C(=O)N1C[C@H](O)C[C@H]1C(=O)NCC(=O)O. The third-order valence-corrected chi connectivity index (χ3v) is 28.2. The fourth-order valence-electron chi connectivity index (χ4n) is 21.5. The van der Waals surface area contributed by atoms with E-state index in [2.05, 4.69) is 47.9 Å². The van der Waals surface area contributed by atoms with Gasteiger partial charge in [-0.1, -0.05) is 0 Å². The number of hydrogen-bond acceptors (Lipinski definition) is 30. The molecule has 20 amide bonds. The highest BCUT2D eigenvalue weighted by Crippen LogP contribution is 2.34. The van der Waals surface area contributed by atoms with Gasteiger partial charge >= 0.3 is 5.97 Å². The molecule has 13 fully saturated rings. The molecule has 136 heavy (non-hydrogen) atoms. The summed E-state index contributed by atoms with van der Waals surface area (Å²) in [5.41, 5.74) is 5.78.